The molecule has 1 N–H and O–H groups in total. The lowest BCUT2D eigenvalue weighted by molar-refractivity contribution is 0.244. The maximum Gasteiger partial charge on any atom is 0.104 e. The fraction of sp³-hybridized carbons (Fsp3) is 1.00. The van der Waals surface area contributed by atoms with Crippen LogP contribution in [0.4, 0.5) is 0 Å². The zero-order valence-electron chi connectivity index (χ0n) is 8.42. The lowest BCUT2D eigenvalue weighted by Gasteiger charge is -2.13. The van der Waals surface area contributed by atoms with Crippen LogP contribution in [0.2, 0.25) is 0 Å². The largest absolute Gasteiger partial charge is 0.394 e. The molecule has 0 aliphatic carbocycles. The zero-order chi connectivity index (χ0) is 9.40. The predicted molar refractivity (Wildman–Crippen MR) is 50.3 cm³/mol. The minimum atomic E-state index is 0.190. The number of epoxide rings is 1. The van der Waals surface area contributed by atoms with E-state index in [0.29, 0.717) is 0 Å². The van der Waals surface area contributed by atoms with Crippen molar-refractivity contribution in [3.05, 3.63) is 0 Å². The molecule has 0 saturated carbocycles. The highest BCUT2D eigenvalue weighted by molar-refractivity contribution is 4.65. The highest BCUT2D eigenvalue weighted by Gasteiger charge is 2.19. The molecule has 0 radical (unpaired) electrons. The molecule has 1 rings (SSSR count). The van der Waals surface area contributed by atoms with Crippen LogP contribution in [0.25, 0.3) is 0 Å². The van der Waals surface area contributed by atoms with E-state index in [1.807, 2.05) is 0 Å². The summed E-state index contributed by atoms with van der Waals surface area (Å²) in [4.78, 5) is 2.38. The van der Waals surface area contributed by atoms with Crippen LogP contribution < -0.4 is 0 Å². The van der Waals surface area contributed by atoms with Gasteiger partial charge in [-0.2, -0.15) is 0 Å². The van der Waals surface area contributed by atoms with E-state index >= 15 is 0 Å². The van der Waals surface area contributed by atoms with E-state index < -0.39 is 0 Å². The molecule has 3 heteroatoms. The summed E-state index contributed by atoms with van der Waals surface area (Å²) in [7, 11) is 0. The number of hydrogen-bond acceptors (Lipinski definition) is 3. The van der Waals surface area contributed by atoms with Gasteiger partial charge < -0.3 is 14.7 Å². The summed E-state index contributed by atoms with van der Waals surface area (Å²) in [5.74, 6) is 0. The summed E-state index contributed by atoms with van der Waals surface area (Å²) in [6.45, 7) is 11.1. The average molecular weight is 175 g/mol. The van der Waals surface area contributed by atoms with Crippen molar-refractivity contribution in [2.75, 3.05) is 32.8 Å². The first kappa shape index (κ1) is 11.9. The van der Waals surface area contributed by atoms with Crippen LogP contribution in [0.5, 0.6) is 0 Å². The van der Waals surface area contributed by atoms with E-state index in [1.54, 1.807) is 0 Å². The van der Waals surface area contributed by atoms with Crippen LogP contribution in [-0.2, 0) is 4.74 Å². The van der Waals surface area contributed by atoms with E-state index in [-0.39, 0.29) is 12.7 Å². The van der Waals surface area contributed by atoms with E-state index in [9.17, 15) is 0 Å². The highest BCUT2D eigenvalue weighted by atomic mass is 16.6. The first-order valence-corrected chi connectivity index (χ1v) is 4.73. The van der Waals surface area contributed by atoms with Crippen LogP contribution in [0, 0.1) is 0 Å². The number of hydrogen-bond donors (Lipinski definition) is 1. The number of aliphatic hydroxyl groups is 1. The van der Waals surface area contributed by atoms with Gasteiger partial charge in [0.1, 0.15) is 6.10 Å². The third-order valence-electron chi connectivity index (χ3n) is 1.95. The first-order chi connectivity index (χ1) is 5.78. The Morgan fingerprint density at radius 2 is 1.67 bits per heavy atom. The van der Waals surface area contributed by atoms with Gasteiger partial charge in [0.2, 0.25) is 0 Å². The van der Waals surface area contributed by atoms with E-state index in [1.165, 1.54) is 19.6 Å². The van der Waals surface area contributed by atoms with Gasteiger partial charge in [-0.15, -0.1) is 0 Å². The van der Waals surface area contributed by atoms with Gasteiger partial charge in [0, 0.05) is 0 Å². The molecule has 0 bridgehead atoms. The molecule has 12 heavy (non-hydrogen) atoms. The van der Waals surface area contributed by atoms with Gasteiger partial charge in [-0.1, -0.05) is 20.8 Å². The summed E-state index contributed by atoms with van der Waals surface area (Å²) >= 11 is 0. The van der Waals surface area contributed by atoms with Crippen molar-refractivity contribution < 1.29 is 9.84 Å². The van der Waals surface area contributed by atoms with Gasteiger partial charge >= 0.3 is 0 Å². The average Bonchev–Trinajstić information content (AvgIpc) is 2.91. The SMILES string of the molecule is CCN(CC)CC.OCC1CO1. The standard InChI is InChI=1S/C6H15N.C3H6O2/c1-4-7(5-2)6-3;4-1-3-2-5-3/h4-6H2,1-3H3;3-4H,1-2H2. The van der Waals surface area contributed by atoms with Crippen molar-refractivity contribution in [2.24, 2.45) is 0 Å². The Hall–Kier alpha value is -0.120. The molecule has 1 atom stereocenters. The third-order valence-corrected chi connectivity index (χ3v) is 1.95. The number of nitrogens with zero attached hydrogens (tertiary/aromatic N) is 1. The van der Waals surface area contributed by atoms with Gasteiger partial charge in [0.15, 0.2) is 0 Å². The second kappa shape index (κ2) is 7.53. The van der Waals surface area contributed by atoms with Crippen molar-refractivity contribution in [3.8, 4) is 0 Å². The van der Waals surface area contributed by atoms with Crippen molar-refractivity contribution in [3.63, 3.8) is 0 Å². The van der Waals surface area contributed by atoms with Crippen molar-refractivity contribution in [1.29, 1.82) is 0 Å². The van der Waals surface area contributed by atoms with Crippen LogP contribution >= 0.6 is 0 Å². The molecular formula is C9H21NO2. The molecule has 1 heterocycles. The minimum Gasteiger partial charge on any atom is -0.394 e. The van der Waals surface area contributed by atoms with Crippen molar-refractivity contribution in [1.82, 2.24) is 4.90 Å². The first-order valence-electron chi connectivity index (χ1n) is 4.73. The van der Waals surface area contributed by atoms with Crippen LogP contribution in [0.3, 0.4) is 0 Å². The Labute approximate surface area is 75.3 Å². The summed E-state index contributed by atoms with van der Waals surface area (Å²) < 4.78 is 4.61. The molecule has 0 aromatic carbocycles. The molecule has 0 aromatic heterocycles. The zero-order valence-corrected chi connectivity index (χ0v) is 8.42. The Kier molecular flexibility index (Phi) is 7.45. The fourth-order valence-corrected chi connectivity index (χ4v) is 0.844. The molecular weight excluding hydrogens is 154 g/mol. The molecule has 1 aliphatic rings. The van der Waals surface area contributed by atoms with E-state index in [2.05, 4.69) is 30.4 Å². The molecule has 3 nitrogen and oxygen atoms in total. The van der Waals surface area contributed by atoms with Crippen molar-refractivity contribution >= 4 is 0 Å². The molecule has 0 amide bonds. The Balaban J connectivity index is 0.000000211. The summed E-state index contributed by atoms with van der Waals surface area (Å²) in [5.41, 5.74) is 0. The lowest BCUT2D eigenvalue weighted by atomic mass is 10.5. The summed E-state index contributed by atoms with van der Waals surface area (Å²) in [6.07, 6.45) is 0.190. The highest BCUT2D eigenvalue weighted by Crippen LogP contribution is 2.04. The normalized spacial score (nSPS) is 20.2. The topological polar surface area (TPSA) is 36.0 Å². The molecule has 1 fully saturated rings. The minimum absolute atomic E-state index is 0.190. The second-order valence-corrected chi connectivity index (χ2v) is 2.76. The third kappa shape index (κ3) is 6.58. The second-order valence-electron chi connectivity index (χ2n) is 2.76. The van der Waals surface area contributed by atoms with Gasteiger partial charge in [0.05, 0.1) is 13.2 Å². The molecule has 1 saturated heterocycles. The Morgan fingerprint density at radius 1 is 1.25 bits per heavy atom. The Bertz CT molecular complexity index is 85.0. The van der Waals surface area contributed by atoms with Gasteiger partial charge in [-0.25, -0.2) is 0 Å². The van der Waals surface area contributed by atoms with Crippen LogP contribution in [-0.4, -0.2) is 49.0 Å². The quantitative estimate of drug-likeness (QED) is 0.640. The number of rotatable bonds is 4. The van der Waals surface area contributed by atoms with E-state index in [4.69, 9.17) is 5.11 Å². The smallest absolute Gasteiger partial charge is 0.104 e. The maximum absolute atomic E-state index is 8.08. The molecule has 74 valence electrons. The van der Waals surface area contributed by atoms with Gasteiger partial charge in [-0.3, -0.25) is 0 Å². The van der Waals surface area contributed by atoms with Crippen LogP contribution in [0.15, 0.2) is 0 Å². The monoisotopic (exact) mass is 175 g/mol. The molecule has 0 aromatic rings. The summed E-state index contributed by atoms with van der Waals surface area (Å²) in [5, 5.41) is 8.08. The summed E-state index contributed by atoms with van der Waals surface area (Å²) in [6, 6.07) is 0. The van der Waals surface area contributed by atoms with Crippen molar-refractivity contribution in [2.45, 2.75) is 26.9 Å². The van der Waals surface area contributed by atoms with Crippen LogP contribution in [0.1, 0.15) is 20.8 Å². The van der Waals surface area contributed by atoms with E-state index in [0.717, 1.165) is 6.61 Å². The predicted octanol–water partition coefficient (Wildman–Crippen LogP) is 0.726. The molecule has 0 spiro atoms. The lowest BCUT2D eigenvalue weighted by Crippen LogP contribution is -2.21. The Morgan fingerprint density at radius 3 is 1.67 bits per heavy atom. The number of ether oxygens (including phenoxy) is 1. The maximum atomic E-state index is 8.08. The molecule has 1 aliphatic heterocycles. The fourth-order valence-electron chi connectivity index (χ4n) is 0.844. The molecule has 1 unspecified atom stereocenters. The number of aliphatic hydroxyl groups excluding tert-OH is 1. The van der Waals surface area contributed by atoms with Gasteiger partial charge in [-0.05, 0) is 19.6 Å². The van der Waals surface area contributed by atoms with Gasteiger partial charge in [0.25, 0.3) is 0 Å².